The predicted molar refractivity (Wildman–Crippen MR) is 87.8 cm³/mol. The smallest absolute Gasteiger partial charge is 0.254 e. The van der Waals surface area contributed by atoms with Gasteiger partial charge in [0.2, 0.25) is 0 Å². The molecule has 0 bridgehead atoms. The summed E-state index contributed by atoms with van der Waals surface area (Å²) in [6.07, 6.45) is 1.97. The standard InChI is InChI=1S/C17H15FN2OS/c18-14-7-3-1-5-12(14)17(21)19-9-10-22-16-11-20-15-8-4-2-6-13(15)16/h1-8,11,20H,9-10H2,(H,19,21). The quantitative estimate of drug-likeness (QED) is 0.555. The van der Waals surface area contributed by atoms with Crippen LogP contribution in [0.2, 0.25) is 0 Å². The minimum Gasteiger partial charge on any atom is -0.360 e. The van der Waals surface area contributed by atoms with Gasteiger partial charge < -0.3 is 10.3 Å². The minimum atomic E-state index is -0.496. The topological polar surface area (TPSA) is 44.9 Å². The largest absolute Gasteiger partial charge is 0.360 e. The molecule has 0 fully saturated rings. The molecule has 1 amide bonds. The number of hydrogen-bond acceptors (Lipinski definition) is 2. The lowest BCUT2D eigenvalue weighted by atomic mass is 10.2. The Morgan fingerprint density at radius 1 is 1.14 bits per heavy atom. The van der Waals surface area contributed by atoms with Crippen LogP contribution in [0.3, 0.4) is 0 Å². The number of H-pyrrole nitrogens is 1. The number of benzene rings is 2. The van der Waals surface area contributed by atoms with E-state index in [4.69, 9.17) is 0 Å². The molecule has 112 valence electrons. The highest BCUT2D eigenvalue weighted by molar-refractivity contribution is 7.99. The van der Waals surface area contributed by atoms with Crippen LogP contribution in [0.15, 0.2) is 59.6 Å². The normalized spacial score (nSPS) is 10.8. The Labute approximate surface area is 131 Å². The lowest BCUT2D eigenvalue weighted by Crippen LogP contribution is -2.26. The monoisotopic (exact) mass is 314 g/mol. The van der Waals surface area contributed by atoms with Crippen LogP contribution in [0.1, 0.15) is 10.4 Å². The van der Waals surface area contributed by atoms with E-state index in [0.29, 0.717) is 6.54 Å². The molecule has 0 saturated carbocycles. The fourth-order valence-corrected chi connectivity index (χ4v) is 3.13. The van der Waals surface area contributed by atoms with E-state index < -0.39 is 5.82 Å². The molecule has 0 radical (unpaired) electrons. The van der Waals surface area contributed by atoms with Crippen LogP contribution in [0.25, 0.3) is 10.9 Å². The molecule has 1 heterocycles. The summed E-state index contributed by atoms with van der Waals surface area (Å²) in [5, 5.41) is 3.91. The Morgan fingerprint density at radius 2 is 1.91 bits per heavy atom. The number of thioether (sulfide) groups is 1. The van der Waals surface area contributed by atoms with Crippen molar-refractivity contribution in [1.29, 1.82) is 0 Å². The molecule has 2 aromatic carbocycles. The van der Waals surface area contributed by atoms with E-state index in [1.54, 1.807) is 23.9 Å². The van der Waals surface area contributed by atoms with Gasteiger partial charge in [-0.05, 0) is 18.2 Å². The Hall–Kier alpha value is -2.27. The van der Waals surface area contributed by atoms with Crippen molar-refractivity contribution >= 4 is 28.6 Å². The molecule has 0 saturated heterocycles. The van der Waals surface area contributed by atoms with Crippen molar-refractivity contribution in [3.63, 3.8) is 0 Å². The SMILES string of the molecule is O=C(NCCSc1c[nH]c2ccccc12)c1ccccc1F. The second-order valence-electron chi connectivity index (χ2n) is 4.78. The van der Waals surface area contributed by atoms with E-state index in [-0.39, 0.29) is 11.5 Å². The summed E-state index contributed by atoms with van der Waals surface area (Å²) in [5.41, 5.74) is 1.18. The van der Waals surface area contributed by atoms with Gasteiger partial charge in [-0.1, -0.05) is 30.3 Å². The van der Waals surface area contributed by atoms with Gasteiger partial charge in [0, 0.05) is 34.3 Å². The molecule has 0 aliphatic heterocycles. The summed E-state index contributed by atoms with van der Waals surface area (Å²) in [4.78, 5) is 16.2. The van der Waals surface area contributed by atoms with Gasteiger partial charge in [0.05, 0.1) is 5.56 Å². The second-order valence-corrected chi connectivity index (χ2v) is 5.92. The zero-order chi connectivity index (χ0) is 15.4. The fourth-order valence-electron chi connectivity index (χ4n) is 2.23. The average molecular weight is 314 g/mol. The molecule has 2 N–H and O–H groups in total. The van der Waals surface area contributed by atoms with Crippen molar-refractivity contribution in [2.24, 2.45) is 0 Å². The van der Waals surface area contributed by atoms with Crippen molar-refractivity contribution in [3.8, 4) is 0 Å². The number of halogens is 1. The number of nitrogens with one attached hydrogen (secondary N) is 2. The summed E-state index contributed by atoms with van der Waals surface area (Å²) in [6.45, 7) is 0.483. The van der Waals surface area contributed by atoms with E-state index in [2.05, 4.69) is 16.4 Å². The average Bonchev–Trinajstić information content (AvgIpc) is 2.95. The highest BCUT2D eigenvalue weighted by Crippen LogP contribution is 2.27. The van der Waals surface area contributed by atoms with Crippen molar-refractivity contribution in [2.45, 2.75) is 4.90 Å². The maximum absolute atomic E-state index is 13.5. The van der Waals surface area contributed by atoms with Gasteiger partial charge in [-0.15, -0.1) is 11.8 Å². The van der Waals surface area contributed by atoms with Crippen LogP contribution in [0, 0.1) is 5.82 Å². The number of rotatable bonds is 5. The van der Waals surface area contributed by atoms with Crippen LogP contribution < -0.4 is 5.32 Å². The Balaban J connectivity index is 1.54. The molecule has 0 atom stereocenters. The van der Waals surface area contributed by atoms with Crippen LogP contribution >= 0.6 is 11.8 Å². The molecule has 3 aromatic rings. The van der Waals surface area contributed by atoms with Crippen LogP contribution in [-0.4, -0.2) is 23.2 Å². The molecule has 0 aliphatic carbocycles. The molecule has 3 rings (SSSR count). The third kappa shape index (κ3) is 3.14. The maximum atomic E-state index is 13.5. The summed E-state index contributed by atoms with van der Waals surface area (Å²) in [5.74, 6) is -0.149. The summed E-state index contributed by atoms with van der Waals surface area (Å²) < 4.78 is 13.5. The van der Waals surface area contributed by atoms with E-state index >= 15 is 0 Å². The van der Waals surface area contributed by atoms with Crippen molar-refractivity contribution in [2.75, 3.05) is 12.3 Å². The molecule has 0 spiro atoms. The summed E-state index contributed by atoms with van der Waals surface area (Å²) >= 11 is 1.66. The highest BCUT2D eigenvalue weighted by Gasteiger charge is 2.10. The third-order valence-corrected chi connectivity index (χ3v) is 4.37. The zero-order valence-electron chi connectivity index (χ0n) is 11.8. The van der Waals surface area contributed by atoms with Crippen LogP contribution in [0.5, 0.6) is 0 Å². The van der Waals surface area contributed by atoms with E-state index in [1.807, 2.05) is 24.4 Å². The van der Waals surface area contributed by atoms with Gasteiger partial charge in [-0.25, -0.2) is 4.39 Å². The van der Waals surface area contributed by atoms with Gasteiger partial charge in [-0.2, -0.15) is 0 Å². The fraction of sp³-hybridized carbons (Fsp3) is 0.118. The third-order valence-electron chi connectivity index (χ3n) is 3.31. The van der Waals surface area contributed by atoms with Gasteiger partial charge in [-0.3, -0.25) is 4.79 Å². The first-order chi connectivity index (χ1) is 10.8. The van der Waals surface area contributed by atoms with E-state index in [0.717, 1.165) is 16.2 Å². The lowest BCUT2D eigenvalue weighted by Gasteiger charge is -2.05. The van der Waals surface area contributed by atoms with Crippen molar-refractivity contribution in [1.82, 2.24) is 10.3 Å². The number of aromatic amines is 1. The van der Waals surface area contributed by atoms with Gasteiger partial charge >= 0.3 is 0 Å². The summed E-state index contributed by atoms with van der Waals surface area (Å²) in [7, 11) is 0. The molecule has 0 unspecified atom stereocenters. The van der Waals surface area contributed by atoms with Gasteiger partial charge in [0.1, 0.15) is 5.82 Å². The van der Waals surface area contributed by atoms with Gasteiger partial charge in [0.25, 0.3) is 5.91 Å². The molecule has 0 aliphatic rings. The predicted octanol–water partition coefficient (Wildman–Crippen LogP) is 3.83. The van der Waals surface area contributed by atoms with E-state index in [9.17, 15) is 9.18 Å². The Morgan fingerprint density at radius 3 is 2.77 bits per heavy atom. The zero-order valence-corrected chi connectivity index (χ0v) is 12.6. The Bertz CT molecular complexity index is 800. The number of fused-ring (bicyclic) bond motifs is 1. The highest BCUT2D eigenvalue weighted by atomic mass is 32.2. The first kappa shape index (κ1) is 14.7. The number of carbonyl (C=O) groups excluding carboxylic acids is 1. The van der Waals surface area contributed by atoms with Gasteiger partial charge in [0.15, 0.2) is 0 Å². The Kier molecular flexibility index (Phi) is 4.44. The van der Waals surface area contributed by atoms with Crippen LogP contribution in [-0.2, 0) is 0 Å². The van der Waals surface area contributed by atoms with E-state index in [1.165, 1.54) is 17.5 Å². The summed E-state index contributed by atoms with van der Waals surface area (Å²) in [6, 6.07) is 14.1. The van der Waals surface area contributed by atoms with Crippen LogP contribution in [0.4, 0.5) is 4.39 Å². The number of amides is 1. The van der Waals surface area contributed by atoms with Crippen molar-refractivity contribution < 1.29 is 9.18 Å². The molecular weight excluding hydrogens is 299 g/mol. The number of aromatic nitrogens is 1. The van der Waals surface area contributed by atoms with Crippen molar-refractivity contribution in [3.05, 3.63) is 66.1 Å². The number of para-hydroxylation sites is 1. The molecule has 3 nitrogen and oxygen atoms in total. The molecular formula is C17H15FN2OS. The number of carbonyl (C=O) groups is 1. The minimum absolute atomic E-state index is 0.0830. The second kappa shape index (κ2) is 6.66. The first-order valence-corrected chi connectivity index (χ1v) is 7.96. The molecule has 5 heteroatoms. The number of hydrogen-bond donors (Lipinski definition) is 2. The molecule has 22 heavy (non-hydrogen) atoms. The first-order valence-electron chi connectivity index (χ1n) is 6.97. The lowest BCUT2D eigenvalue weighted by molar-refractivity contribution is 0.0952. The maximum Gasteiger partial charge on any atom is 0.254 e. The molecule has 1 aromatic heterocycles.